The van der Waals surface area contributed by atoms with Gasteiger partial charge in [0.2, 0.25) is 5.91 Å². The molecule has 3 aliphatic rings. The van der Waals surface area contributed by atoms with Crippen LogP contribution in [-0.4, -0.2) is 61.8 Å². The van der Waals surface area contributed by atoms with Gasteiger partial charge in [-0.25, -0.2) is 0 Å². The number of amides is 2. The standard InChI is InChI=1S/C19H32N2O4/c22-18(20-10-4-14-24-16-5-1-2-6-16)15-8-11-21(12-9-15)19(23)17-7-3-13-25-17/h15-17H,1-14H2,(H,20,22). The predicted molar refractivity (Wildman–Crippen MR) is 94.1 cm³/mol. The molecular weight excluding hydrogens is 320 g/mol. The third-order valence-electron chi connectivity index (χ3n) is 5.66. The van der Waals surface area contributed by atoms with Gasteiger partial charge in [-0.3, -0.25) is 9.59 Å². The van der Waals surface area contributed by atoms with E-state index < -0.39 is 0 Å². The third kappa shape index (κ3) is 5.42. The summed E-state index contributed by atoms with van der Waals surface area (Å²) in [5, 5.41) is 3.03. The molecule has 25 heavy (non-hydrogen) atoms. The fourth-order valence-electron chi connectivity index (χ4n) is 4.07. The maximum absolute atomic E-state index is 12.3. The van der Waals surface area contributed by atoms with Crippen molar-refractivity contribution in [1.29, 1.82) is 0 Å². The molecule has 0 aromatic rings. The minimum Gasteiger partial charge on any atom is -0.378 e. The summed E-state index contributed by atoms with van der Waals surface area (Å²) in [6, 6.07) is 0. The summed E-state index contributed by atoms with van der Waals surface area (Å²) in [6.45, 7) is 3.45. The molecule has 2 saturated heterocycles. The number of carbonyl (C=O) groups is 2. The Kier molecular flexibility index (Phi) is 7.11. The highest BCUT2D eigenvalue weighted by Gasteiger charge is 2.32. The molecule has 2 heterocycles. The Labute approximate surface area is 150 Å². The normalized spacial score (nSPS) is 25.4. The van der Waals surface area contributed by atoms with Gasteiger partial charge in [0.1, 0.15) is 6.10 Å². The molecule has 1 atom stereocenters. The fraction of sp³-hybridized carbons (Fsp3) is 0.895. The summed E-state index contributed by atoms with van der Waals surface area (Å²) in [5.74, 6) is 0.273. The second-order valence-electron chi connectivity index (χ2n) is 7.52. The lowest BCUT2D eigenvalue weighted by Crippen LogP contribution is -2.46. The molecule has 0 aromatic carbocycles. The van der Waals surface area contributed by atoms with Crippen molar-refractivity contribution in [3.8, 4) is 0 Å². The Hall–Kier alpha value is -1.14. The molecule has 0 spiro atoms. The molecule has 3 rings (SSSR count). The first-order valence-electron chi connectivity index (χ1n) is 10.0. The lowest BCUT2D eigenvalue weighted by molar-refractivity contribution is -0.143. The molecule has 142 valence electrons. The van der Waals surface area contributed by atoms with Crippen LogP contribution in [0.5, 0.6) is 0 Å². The molecule has 2 aliphatic heterocycles. The van der Waals surface area contributed by atoms with E-state index in [0.717, 1.165) is 38.7 Å². The highest BCUT2D eigenvalue weighted by atomic mass is 16.5. The van der Waals surface area contributed by atoms with E-state index in [4.69, 9.17) is 9.47 Å². The molecule has 0 radical (unpaired) electrons. The number of carbonyl (C=O) groups excluding carboxylic acids is 2. The van der Waals surface area contributed by atoms with Gasteiger partial charge in [-0.1, -0.05) is 12.8 Å². The lowest BCUT2D eigenvalue weighted by Gasteiger charge is -2.32. The van der Waals surface area contributed by atoms with E-state index >= 15 is 0 Å². The van der Waals surface area contributed by atoms with Crippen LogP contribution in [0.2, 0.25) is 0 Å². The van der Waals surface area contributed by atoms with Crippen LogP contribution < -0.4 is 5.32 Å². The Morgan fingerprint density at radius 3 is 2.48 bits per heavy atom. The van der Waals surface area contributed by atoms with Crippen LogP contribution in [0.1, 0.15) is 57.8 Å². The Morgan fingerprint density at radius 1 is 1.04 bits per heavy atom. The topological polar surface area (TPSA) is 67.9 Å². The number of nitrogens with zero attached hydrogens (tertiary/aromatic N) is 1. The zero-order valence-corrected chi connectivity index (χ0v) is 15.2. The maximum atomic E-state index is 12.3. The average Bonchev–Trinajstić information content (AvgIpc) is 3.34. The second kappa shape index (κ2) is 9.53. The number of hydrogen-bond donors (Lipinski definition) is 1. The van der Waals surface area contributed by atoms with Crippen LogP contribution >= 0.6 is 0 Å². The molecule has 6 nitrogen and oxygen atoms in total. The van der Waals surface area contributed by atoms with Crippen LogP contribution in [0.15, 0.2) is 0 Å². The van der Waals surface area contributed by atoms with Crippen LogP contribution in [0.3, 0.4) is 0 Å². The van der Waals surface area contributed by atoms with Crippen molar-refractivity contribution in [3.05, 3.63) is 0 Å². The Balaban J connectivity index is 1.26. The van der Waals surface area contributed by atoms with E-state index in [9.17, 15) is 9.59 Å². The van der Waals surface area contributed by atoms with Gasteiger partial charge in [-0.2, -0.15) is 0 Å². The largest absolute Gasteiger partial charge is 0.378 e. The molecule has 3 fully saturated rings. The summed E-state index contributed by atoms with van der Waals surface area (Å²) in [4.78, 5) is 26.5. The summed E-state index contributed by atoms with van der Waals surface area (Å²) < 4.78 is 11.3. The van der Waals surface area contributed by atoms with Crippen LogP contribution in [0, 0.1) is 5.92 Å². The first-order chi connectivity index (χ1) is 12.2. The monoisotopic (exact) mass is 352 g/mol. The maximum Gasteiger partial charge on any atom is 0.251 e. The van der Waals surface area contributed by atoms with Gasteiger partial charge in [-0.15, -0.1) is 0 Å². The summed E-state index contributed by atoms with van der Waals surface area (Å²) in [6.07, 6.45) is 9.34. The van der Waals surface area contributed by atoms with Crippen molar-refractivity contribution >= 4 is 11.8 Å². The van der Waals surface area contributed by atoms with Gasteiger partial charge in [0.25, 0.3) is 5.91 Å². The number of nitrogens with one attached hydrogen (secondary N) is 1. The van der Waals surface area contributed by atoms with Gasteiger partial charge in [0.05, 0.1) is 6.10 Å². The van der Waals surface area contributed by atoms with Crippen molar-refractivity contribution in [2.24, 2.45) is 5.92 Å². The molecule has 6 heteroatoms. The smallest absolute Gasteiger partial charge is 0.251 e. The van der Waals surface area contributed by atoms with Crippen molar-refractivity contribution in [2.45, 2.75) is 70.0 Å². The first kappa shape index (κ1) is 18.6. The third-order valence-corrected chi connectivity index (χ3v) is 5.66. The van der Waals surface area contributed by atoms with E-state index in [0.29, 0.717) is 32.3 Å². The number of rotatable bonds is 7. The summed E-state index contributed by atoms with van der Waals surface area (Å²) in [5.41, 5.74) is 0. The van der Waals surface area contributed by atoms with E-state index in [1.54, 1.807) is 0 Å². The first-order valence-corrected chi connectivity index (χ1v) is 10.0. The zero-order valence-electron chi connectivity index (χ0n) is 15.2. The summed E-state index contributed by atoms with van der Waals surface area (Å²) in [7, 11) is 0. The van der Waals surface area contributed by atoms with Gasteiger partial charge in [-0.05, 0) is 44.9 Å². The zero-order chi connectivity index (χ0) is 17.5. The van der Waals surface area contributed by atoms with E-state index in [2.05, 4.69) is 5.32 Å². The average molecular weight is 352 g/mol. The number of ether oxygens (including phenoxy) is 2. The van der Waals surface area contributed by atoms with Crippen LogP contribution in [0.25, 0.3) is 0 Å². The van der Waals surface area contributed by atoms with Crippen LogP contribution in [-0.2, 0) is 19.1 Å². The fourth-order valence-corrected chi connectivity index (χ4v) is 4.07. The van der Waals surface area contributed by atoms with Gasteiger partial charge in [0, 0.05) is 38.8 Å². The quantitative estimate of drug-likeness (QED) is 0.710. The van der Waals surface area contributed by atoms with Crippen molar-refractivity contribution in [1.82, 2.24) is 10.2 Å². The molecule has 2 amide bonds. The van der Waals surface area contributed by atoms with E-state index in [1.165, 1.54) is 25.7 Å². The molecule has 1 N–H and O–H groups in total. The van der Waals surface area contributed by atoms with Crippen LogP contribution in [0.4, 0.5) is 0 Å². The molecule has 0 aromatic heterocycles. The second-order valence-corrected chi connectivity index (χ2v) is 7.52. The lowest BCUT2D eigenvalue weighted by atomic mass is 9.95. The SMILES string of the molecule is O=C(NCCCOC1CCCC1)C1CCN(C(=O)C2CCCO2)CC1. The minimum absolute atomic E-state index is 0.0318. The number of piperidine rings is 1. The molecule has 1 unspecified atom stereocenters. The number of likely N-dealkylation sites (tertiary alicyclic amines) is 1. The van der Waals surface area contributed by atoms with Crippen molar-refractivity contribution in [2.75, 3.05) is 32.8 Å². The molecule has 1 saturated carbocycles. The summed E-state index contributed by atoms with van der Waals surface area (Å²) >= 11 is 0. The van der Waals surface area contributed by atoms with Gasteiger partial charge < -0.3 is 19.7 Å². The Morgan fingerprint density at radius 2 is 1.80 bits per heavy atom. The highest BCUT2D eigenvalue weighted by molar-refractivity contribution is 5.82. The van der Waals surface area contributed by atoms with Crippen molar-refractivity contribution in [3.63, 3.8) is 0 Å². The molecule has 1 aliphatic carbocycles. The number of hydrogen-bond acceptors (Lipinski definition) is 4. The van der Waals surface area contributed by atoms with E-state index in [-0.39, 0.29) is 23.8 Å². The molecular formula is C19H32N2O4. The molecule has 0 bridgehead atoms. The van der Waals surface area contributed by atoms with Gasteiger partial charge >= 0.3 is 0 Å². The van der Waals surface area contributed by atoms with E-state index in [1.807, 2.05) is 4.90 Å². The predicted octanol–water partition coefficient (Wildman–Crippen LogP) is 1.87. The van der Waals surface area contributed by atoms with Gasteiger partial charge in [0.15, 0.2) is 0 Å². The minimum atomic E-state index is -0.245. The Bertz CT molecular complexity index is 437. The van der Waals surface area contributed by atoms with Crippen molar-refractivity contribution < 1.29 is 19.1 Å². The highest BCUT2D eigenvalue weighted by Crippen LogP contribution is 2.22.